The van der Waals surface area contributed by atoms with E-state index in [-0.39, 0.29) is 6.04 Å². The lowest BCUT2D eigenvalue weighted by atomic mass is 10.1. The van der Waals surface area contributed by atoms with Crippen molar-refractivity contribution in [2.24, 2.45) is 0 Å². The highest BCUT2D eigenvalue weighted by molar-refractivity contribution is 5.71. The monoisotopic (exact) mass is 309 g/mol. The molecule has 1 atom stereocenters. The number of fused-ring (bicyclic) bond motifs is 1. The number of para-hydroxylation sites is 1. The summed E-state index contributed by atoms with van der Waals surface area (Å²) in [5.74, 6) is 1.23. The Balaban J connectivity index is 1.80. The molecule has 0 saturated carbocycles. The van der Waals surface area contributed by atoms with Crippen LogP contribution in [-0.4, -0.2) is 32.9 Å². The first kappa shape index (κ1) is 14.2. The van der Waals surface area contributed by atoms with Crippen molar-refractivity contribution in [2.75, 3.05) is 13.2 Å². The molecular formula is C18H19N3O2. The van der Waals surface area contributed by atoms with E-state index in [4.69, 9.17) is 9.72 Å². The molecule has 4 rings (SSSR count). The van der Waals surface area contributed by atoms with E-state index in [9.17, 15) is 5.11 Å². The predicted molar refractivity (Wildman–Crippen MR) is 87.5 cm³/mol. The van der Waals surface area contributed by atoms with Gasteiger partial charge in [0.15, 0.2) is 5.65 Å². The first-order valence-corrected chi connectivity index (χ1v) is 7.99. The van der Waals surface area contributed by atoms with Gasteiger partial charge in [0.1, 0.15) is 17.1 Å². The van der Waals surface area contributed by atoms with Crippen molar-refractivity contribution in [3.63, 3.8) is 0 Å². The van der Waals surface area contributed by atoms with E-state index in [0.717, 1.165) is 42.0 Å². The van der Waals surface area contributed by atoms with Crippen LogP contribution in [0, 0.1) is 0 Å². The van der Waals surface area contributed by atoms with E-state index in [0.29, 0.717) is 18.8 Å². The number of benzene rings is 1. The van der Waals surface area contributed by atoms with Crippen LogP contribution in [0.1, 0.15) is 30.3 Å². The molecular weight excluding hydrogens is 290 g/mol. The lowest BCUT2D eigenvalue weighted by molar-refractivity contribution is 0.0594. The van der Waals surface area contributed by atoms with Crippen molar-refractivity contribution in [3.05, 3.63) is 54.0 Å². The van der Waals surface area contributed by atoms with Crippen LogP contribution in [0.15, 0.2) is 42.6 Å². The van der Waals surface area contributed by atoms with Gasteiger partial charge in [0.2, 0.25) is 0 Å². The van der Waals surface area contributed by atoms with Crippen molar-refractivity contribution in [3.8, 4) is 5.75 Å². The van der Waals surface area contributed by atoms with Crippen LogP contribution in [0.5, 0.6) is 5.75 Å². The minimum absolute atomic E-state index is 0.254. The summed E-state index contributed by atoms with van der Waals surface area (Å²) < 4.78 is 7.85. The molecule has 5 heteroatoms. The number of ether oxygens (including phenoxy) is 1. The van der Waals surface area contributed by atoms with Gasteiger partial charge >= 0.3 is 0 Å². The third-order valence-corrected chi connectivity index (χ3v) is 4.36. The number of aromatic nitrogens is 3. The summed E-state index contributed by atoms with van der Waals surface area (Å²) in [6, 6.07) is 11.6. The summed E-state index contributed by atoms with van der Waals surface area (Å²) in [4.78, 5) is 9.28. The molecule has 0 aliphatic carbocycles. The number of pyridine rings is 1. The first-order valence-electron chi connectivity index (χ1n) is 7.99. The molecule has 2 aromatic heterocycles. The van der Waals surface area contributed by atoms with Gasteiger partial charge in [-0.2, -0.15) is 0 Å². The van der Waals surface area contributed by atoms with Gasteiger partial charge < -0.3 is 14.4 Å². The van der Waals surface area contributed by atoms with E-state index in [1.54, 1.807) is 12.3 Å². The van der Waals surface area contributed by atoms with Crippen molar-refractivity contribution in [1.82, 2.24) is 14.5 Å². The van der Waals surface area contributed by atoms with Crippen molar-refractivity contribution < 1.29 is 9.84 Å². The van der Waals surface area contributed by atoms with Crippen LogP contribution in [0.4, 0.5) is 0 Å². The van der Waals surface area contributed by atoms with Crippen molar-refractivity contribution >= 4 is 11.2 Å². The lowest BCUT2D eigenvalue weighted by Crippen LogP contribution is -2.23. The fourth-order valence-electron chi connectivity index (χ4n) is 3.24. The molecule has 0 spiro atoms. The number of rotatable bonds is 3. The Labute approximate surface area is 134 Å². The average Bonchev–Trinajstić information content (AvgIpc) is 2.95. The van der Waals surface area contributed by atoms with Crippen LogP contribution < -0.4 is 0 Å². The second-order valence-corrected chi connectivity index (χ2v) is 5.92. The molecule has 1 aliphatic heterocycles. The van der Waals surface area contributed by atoms with Gasteiger partial charge in [-0.25, -0.2) is 9.97 Å². The Morgan fingerprint density at radius 1 is 1.22 bits per heavy atom. The van der Waals surface area contributed by atoms with E-state index >= 15 is 0 Å². The summed E-state index contributed by atoms with van der Waals surface area (Å²) in [7, 11) is 0. The summed E-state index contributed by atoms with van der Waals surface area (Å²) >= 11 is 0. The number of phenols is 1. The maximum absolute atomic E-state index is 10.1. The second-order valence-electron chi connectivity index (χ2n) is 5.92. The molecule has 1 saturated heterocycles. The van der Waals surface area contributed by atoms with Gasteiger partial charge in [0.05, 0.1) is 12.6 Å². The van der Waals surface area contributed by atoms with Crippen LogP contribution in [0.2, 0.25) is 0 Å². The standard InChI is InChI=1S/C18H19N3O2/c22-16-8-2-1-5-13(16)11-17-20-15-7-3-9-19-18(15)21(17)14-6-4-10-23-12-14/h1-3,5,7-9,14,22H,4,6,10-12H2. The summed E-state index contributed by atoms with van der Waals surface area (Å²) in [5.41, 5.74) is 2.66. The summed E-state index contributed by atoms with van der Waals surface area (Å²) in [6.45, 7) is 1.52. The Morgan fingerprint density at radius 3 is 2.96 bits per heavy atom. The van der Waals surface area contributed by atoms with Gasteiger partial charge in [0, 0.05) is 24.8 Å². The molecule has 23 heavy (non-hydrogen) atoms. The summed E-state index contributed by atoms with van der Waals surface area (Å²) in [6.07, 6.45) is 4.50. The highest BCUT2D eigenvalue weighted by atomic mass is 16.5. The molecule has 118 valence electrons. The van der Waals surface area contributed by atoms with E-state index in [2.05, 4.69) is 9.55 Å². The zero-order valence-electron chi connectivity index (χ0n) is 12.9. The normalized spacial score (nSPS) is 18.3. The highest BCUT2D eigenvalue weighted by Crippen LogP contribution is 2.28. The van der Waals surface area contributed by atoms with Crippen LogP contribution in [-0.2, 0) is 11.2 Å². The first-order chi connectivity index (χ1) is 11.3. The SMILES string of the molecule is Oc1ccccc1Cc1nc2cccnc2n1C1CCCOC1. The highest BCUT2D eigenvalue weighted by Gasteiger charge is 2.23. The average molecular weight is 309 g/mol. The van der Waals surface area contributed by atoms with Gasteiger partial charge in [-0.1, -0.05) is 18.2 Å². The number of aromatic hydroxyl groups is 1. The Morgan fingerprint density at radius 2 is 2.13 bits per heavy atom. The molecule has 0 bridgehead atoms. The van der Waals surface area contributed by atoms with Gasteiger partial charge in [-0.3, -0.25) is 0 Å². The van der Waals surface area contributed by atoms with E-state index < -0.39 is 0 Å². The predicted octanol–water partition coefficient (Wildman–Crippen LogP) is 3.08. The largest absolute Gasteiger partial charge is 0.508 e. The van der Waals surface area contributed by atoms with Gasteiger partial charge in [-0.15, -0.1) is 0 Å². The zero-order valence-corrected chi connectivity index (χ0v) is 12.9. The molecule has 1 N–H and O–H groups in total. The summed E-state index contributed by atoms with van der Waals surface area (Å²) in [5, 5.41) is 10.1. The number of hydrogen-bond donors (Lipinski definition) is 1. The molecule has 0 amide bonds. The number of phenolic OH excluding ortho intramolecular Hbond substituents is 1. The lowest BCUT2D eigenvalue weighted by Gasteiger charge is -2.25. The van der Waals surface area contributed by atoms with Gasteiger partial charge in [-0.05, 0) is 31.0 Å². The fraction of sp³-hybridized carbons (Fsp3) is 0.333. The van der Waals surface area contributed by atoms with Crippen molar-refractivity contribution in [2.45, 2.75) is 25.3 Å². The second kappa shape index (κ2) is 6.01. The molecule has 1 fully saturated rings. The minimum atomic E-state index is 0.254. The third-order valence-electron chi connectivity index (χ3n) is 4.36. The van der Waals surface area contributed by atoms with E-state index in [1.807, 2.05) is 30.3 Å². The molecule has 1 aliphatic rings. The van der Waals surface area contributed by atoms with Gasteiger partial charge in [0.25, 0.3) is 0 Å². The fourth-order valence-corrected chi connectivity index (χ4v) is 3.24. The molecule has 3 heterocycles. The maximum atomic E-state index is 10.1. The minimum Gasteiger partial charge on any atom is -0.508 e. The topological polar surface area (TPSA) is 60.2 Å². The van der Waals surface area contributed by atoms with E-state index in [1.165, 1.54) is 0 Å². The number of hydrogen-bond acceptors (Lipinski definition) is 4. The molecule has 3 aromatic rings. The molecule has 1 unspecified atom stereocenters. The smallest absolute Gasteiger partial charge is 0.160 e. The Hall–Kier alpha value is -2.40. The number of nitrogens with zero attached hydrogens (tertiary/aromatic N) is 3. The molecule has 0 radical (unpaired) electrons. The maximum Gasteiger partial charge on any atom is 0.160 e. The Bertz CT molecular complexity index is 822. The molecule has 1 aromatic carbocycles. The number of imidazole rings is 1. The van der Waals surface area contributed by atoms with Crippen LogP contribution >= 0.6 is 0 Å². The molecule has 5 nitrogen and oxygen atoms in total. The zero-order chi connectivity index (χ0) is 15.6. The van der Waals surface area contributed by atoms with Crippen LogP contribution in [0.25, 0.3) is 11.2 Å². The van der Waals surface area contributed by atoms with Crippen molar-refractivity contribution in [1.29, 1.82) is 0 Å². The Kier molecular flexibility index (Phi) is 3.71. The third kappa shape index (κ3) is 2.68. The quantitative estimate of drug-likeness (QED) is 0.807. The van der Waals surface area contributed by atoms with Crippen LogP contribution in [0.3, 0.4) is 0 Å².